The third-order valence-corrected chi connectivity index (χ3v) is 5.42. The minimum Gasteiger partial charge on any atom is -0.337 e. The third-order valence-electron chi connectivity index (χ3n) is 5.42. The lowest BCUT2D eigenvalue weighted by Gasteiger charge is -2.23. The van der Waals surface area contributed by atoms with Crippen LogP contribution in [-0.4, -0.2) is 51.6 Å². The summed E-state index contributed by atoms with van der Waals surface area (Å²) in [5, 5.41) is 3.13. The van der Waals surface area contributed by atoms with Crippen molar-refractivity contribution in [2.45, 2.75) is 13.0 Å². The van der Waals surface area contributed by atoms with Gasteiger partial charge in [0.25, 0.3) is 0 Å². The number of hydrogen-bond donors (Lipinski definition) is 1. The second-order valence-corrected chi connectivity index (χ2v) is 7.41. The van der Waals surface area contributed by atoms with Crippen LogP contribution in [0.2, 0.25) is 0 Å². The maximum Gasteiger partial charge on any atom is 0.321 e. The maximum absolute atomic E-state index is 13.0. The first kappa shape index (κ1) is 19.2. The van der Waals surface area contributed by atoms with Gasteiger partial charge in [-0.15, -0.1) is 0 Å². The second-order valence-electron chi connectivity index (χ2n) is 7.41. The lowest BCUT2D eigenvalue weighted by Crippen LogP contribution is -2.38. The molecule has 1 aromatic heterocycles. The van der Waals surface area contributed by atoms with E-state index in [2.05, 4.69) is 31.9 Å². The molecule has 1 saturated heterocycles. The Balaban J connectivity index is 1.40. The average molecular weight is 390 g/mol. The molecule has 0 unspecified atom stereocenters. The SMILES string of the molecule is Cn1ccnc1CN1CCCN(C(=O)Nc2ccccc2-c2ccccc2)CC1. The van der Waals surface area contributed by atoms with Gasteiger partial charge in [0.2, 0.25) is 0 Å². The van der Waals surface area contributed by atoms with E-state index >= 15 is 0 Å². The van der Waals surface area contributed by atoms with E-state index in [-0.39, 0.29) is 6.03 Å². The van der Waals surface area contributed by atoms with Crippen LogP contribution in [0.1, 0.15) is 12.2 Å². The van der Waals surface area contributed by atoms with Crippen LogP contribution < -0.4 is 5.32 Å². The zero-order chi connectivity index (χ0) is 20.1. The Morgan fingerprint density at radius 2 is 1.79 bits per heavy atom. The monoisotopic (exact) mass is 389 g/mol. The number of imidazole rings is 1. The fraction of sp³-hybridized carbons (Fsp3) is 0.304. The van der Waals surface area contributed by atoms with Crippen LogP contribution in [-0.2, 0) is 13.6 Å². The minimum atomic E-state index is -0.0350. The predicted octanol–water partition coefficient (Wildman–Crippen LogP) is 3.83. The Morgan fingerprint density at radius 1 is 1.00 bits per heavy atom. The number of nitrogens with zero attached hydrogens (tertiary/aromatic N) is 4. The molecule has 3 aromatic rings. The molecule has 1 aliphatic heterocycles. The van der Waals surface area contributed by atoms with Crippen LogP contribution in [0.5, 0.6) is 0 Å². The highest BCUT2D eigenvalue weighted by Crippen LogP contribution is 2.27. The van der Waals surface area contributed by atoms with E-state index in [1.54, 1.807) is 0 Å². The number of amides is 2. The van der Waals surface area contributed by atoms with Crippen molar-refractivity contribution in [1.29, 1.82) is 0 Å². The highest BCUT2D eigenvalue weighted by molar-refractivity contribution is 5.94. The normalized spacial score (nSPS) is 15.1. The molecule has 0 atom stereocenters. The van der Waals surface area contributed by atoms with E-state index in [1.807, 2.05) is 66.8 Å². The van der Waals surface area contributed by atoms with Gasteiger partial charge in [-0.3, -0.25) is 4.90 Å². The first-order valence-electron chi connectivity index (χ1n) is 10.1. The number of benzene rings is 2. The van der Waals surface area contributed by atoms with Gasteiger partial charge in [-0.1, -0.05) is 48.5 Å². The fourth-order valence-corrected chi connectivity index (χ4v) is 3.74. The quantitative estimate of drug-likeness (QED) is 0.738. The summed E-state index contributed by atoms with van der Waals surface area (Å²) >= 11 is 0. The van der Waals surface area contributed by atoms with Crippen molar-refractivity contribution < 1.29 is 4.79 Å². The van der Waals surface area contributed by atoms with Gasteiger partial charge < -0.3 is 14.8 Å². The Bertz CT molecular complexity index is 953. The number of urea groups is 1. The van der Waals surface area contributed by atoms with E-state index in [4.69, 9.17) is 0 Å². The van der Waals surface area contributed by atoms with Crippen LogP contribution in [0.15, 0.2) is 67.0 Å². The Hall–Kier alpha value is -3.12. The molecule has 0 spiro atoms. The summed E-state index contributed by atoms with van der Waals surface area (Å²) in [6, 6.07) is 18.1. The summed E-state index contributed by atoms with van der Waals surface area (Å²) in [5.74, 6) is 1.06. The molecule has 4 rings (SSSR count). The number of hydrogen-bond acceptors (Lipinski definition) is 3. The van der Waals surface area contributed by atoms with E-state index < -0.39 is 0 Å². The highest BCUT2D eigenvalue weighted by atomic mass is 16.2. The smallest absolute Gasteiger partial charge is 0.321 e. The number of para-hydroxylation sites is 1. The molecule has 2 aromatic carbocycles. The Labute approximate surface area is 171 Å². The molecule has 6 heteroatoms. The molecule has 0 bridgehead atoms. The summed E-state index contributed by atoms with van der Waals surface area (Å²) in [4.78, 5) is 21.7. The lowest BCUT2D eigenvalue weighted by atomic mass is 10.0. The largest absolute Gasteiger partial charge is 0.337 e. The van der Waals surface area contributed by atoms with Crippen molar-refractivity contribution in [1.82, 2.24) is 19.4 Å². The summed E-state index contributed by atoms with van der Waals surface area (Å²) in [6.07, 6.45) is 4.76. The molecule has 6 nitrogen and oxygen atoms in total. The van der Waals surface area contributed by atoms with Crippen LogP contribution in [0.3, 0.4) is 0 Å². The number of anilines is 1. The summed E-state index contributed by atoms with van der Waals surface area (Å²) < 4.78 is 2.05. The molecule has 2 heterocycles. The number of nitrogens with one attached hydrogen (secondary N) is 1. The van der Waals surface area contributed by atoms with Gasteiger partial charge >= 0.3 is 6.03 Å². The first-order valence-corrected chi connectivity index (χ1v) is 10.1. The number of rotatable bonds is 4. The van der Waals surface area contributed by atoms with Crippen molar-refractivity contribution >= 4 is 11.7 Å². The van der Waals surface area contributed by atoms with Crippen molar-refractivity contribution in [3.63, 3.8) is 0 Å². The van der Waals surface area contributed by atoms with Crippen LogP contribution in [0, 0.1) is 0 Å². The van der Waals surface area contributed by atoms with Gasteiger partial charge in [0.15, 0.2) is 0 Å². The van der Waals surface area contributed by atoms with Gasteiger partial charge in [-0.05, 0) is 18.1 Å². The van der Waals surface area contributed by atoms with Gasteiger partial charge in [0, 0.05) is 51.2 Å². The Morgan fingerprint density at radius 3 is 2.59 bits per heavy atom. The molecule has 1 aliphatic rings. The van der Waals surface area contributed by atoms with Crippen LogP contribution in [0.4, 0.5) is 10.5 Å². The number of carbonyl (C=O) groups excluding carboxylic acids is 1. The molecular formula is C23H27N5O. The number of aryl methyl sites for hydroxylation is 1. The molecule has 1 N–H and O–H groups in total. The molecular weight excluding hydrogens is 362 g/mol. The van der Waals surface area contributed by atoms with Gasteiger partial charge in [-0.25, -0.2) is 9.78 Å². The second kappa shape index (κ2) is 8.92. The topological polar surface area (TPSA) is 53.4 Å². The van der Waals surface area contributed by atoms with Gasteiger partial charge in [-0.2, -0.15) is 0 Å². The van der Waals surface area contributed by atoms with Crippen molar-refractivity contribution in [2.75, 3.05) is 31.5 Å². The maximum atomic E-state index is 13.0. The molecule has 0 radical (unpaired) electrons. The van der Waals surface area contributed by atoms with E-state index in [1.165, 1.54) is 0 Å². The molecule has 29 heavy (non-hydrogen) atoms. The lowest BCUT2D eigenvalue weighted by molar-refractivity contribution is 0.210. The van der Waals surface area contributed by atoms with Gasteiger partial charge in [0.1, 0.15) is 5.82 Å². The van der Waals surface area contributed by atoms with Crippen LogP contribution >= 0.6 is 0 Å². The molecule has 2 amide bonds. The van der Waals surface area contributed by atoms with Crippen LogP contribution in [0.25, 0.3) is 11.1 Å². The third kappa shape index (κ3) is 4.66. The summed E-state index contributed by atoms with van der Waals surface area (Å²) in [6.45, 7) is 4.10. The van der Waals surface area contributed by atoms with E-state index in [0.29, 0.717) is 6.54 Å². The highest BCUT2D eigenvalue weighted by Gasteiger charge is 2.20. The minimum absolute atomic E-state index is 0.0350. The molecule has 0 aliphatic carbocycles. The molecule has 0 saturated carbocycles. The molecule has 1 fully saturated rings. The molecule has 150 valence electrons. The standard InChI is InChI=1S/C23H27N5O/c1-26-15-12-24-22(26)18-27-13-7-14-28(17-16-27)23(29)25-21-11-6-5-10-20(21)19-8-3-2-4-9-19/h2-6,8-12,15H,7,13-14,16-18H2,1H3,(H,25,29). The first-order chi connectivity index (χ1) is 14.2. The van der Waals surface area contributed by atoms with Gasteiger partial charge in [0.05, 0.1) is 12.2 Å². The van der Waals surface area contributed by atoms with E-state index in [0.717, 1.165) is 55.2 Å². The zero-order valence-electron chi connectivity index (χ0n) is 16.8. The summed E-state index contributed by atoms with van der Waals surface area (Å²) in [5.41, 5.74) is 2.98. The number of aromatic nitrogens is 2. The van der Waals surface area contributed by atoms with Crippen molar-refractivity contribution in [2.24, 2.45) is 7.05 Å². The Kier molecular flexibility index (Phi) is 5.91. The van der Waals surface area contributed by atoms with Crippen molar-refractivity contribution in [3.8, 4) is 11.1 Å². The zero-order valence-corrected chi connectivity index (χ0v) is 16.8. The predicted molar refractivity (Wildman–Crippen MR) is 116 cm³/mol. The summed E-state index contributed by atoms with van der Waals surface area (Å²) in [7, 11) is 2.02. The average Bonchev–Trinajstić information content (AvgIpc) is 3.00. The number of carbonyl (C=O) groups is 1. The van der Waals surface area contributed by atoms with Crippen molar-refractivity contribution in [3.05, 3.63) is 72.8 Å². The fourth-order valence-electron chi connectivity index (χ4n) is 3.74. The van der Waals surface area contributed by atoms with E-state index in [9.17, 15) is 4.79 Å².